The molecule has 1 aliphatic heterocycles. The Bertz CT molecular complexity index is 539. The van der Waals surface area contributed by atoms with Gasteiger partial charge in [-0.1, -0.05) is 52.7 Å². The van der Waals surface area contributed by atoms with E-state index < -0.39 is 6.23 Å². The van der Waals surface area contributed by atoms with Crippen molar-refractivity contribution < 1.29 is 19.1 Å². The molecule has 1 saturated heterocycles. The van der Waals surface area contributed by atoms with Gasteiger partial charge in [0.2, 0.25) is 5.91 Å². The Labute approximate surface area is 157 Å². The van der Waals surface area contributed by atoms with Gasteiger partial charge in [-0.25, -0.2) is 0 Å². The number of alkyl halides is 1. The summed E-state index contributed by atoms with van der Waals surface area (Å²) in [5, 5.41) is 0.918. The molecule has 0 spiro atoms. The van der Waals surface area contributed by atoms with E-state index in [1.54, 1.807) is 12.0 Å². The summed E-state index contributed by atoms with van der Waals surface area (Å²) in [6, 6.07) is 9.84. The molecular weight excluding hydrogens is 386 g/mol. The van der Waals surface area contributed by atoms with E-state index in [1.165, 1.54) is 0 Å². The third-order valence-electron chi connectivity index (χ3n) is 4.47. The standard InChI is InChI=1S/C19H26BrNO4/c1-24-13-16(9-5-6-10-20)19(23)21-17(14-25-18(21)12-22)11-15-7-3-2-4-8-15/h2-4,7-8,12,16-18H,5-6,9-11,13-14H2,1H3. The van der Waals surface area contributed by atoms with Crippen LogP contribution < -0.4 is 0 Å². The highest BCUT2D eigenvalue weighted by atomic mass is 79.9. The van der Waals surface area contributed by atoms with Gasteiger partial charge in [0.25, 0.3) is 0 Å². The predicted molar refractivity (Wildman–Crippen MR) is 99.6 cm³/mol. The molecule has 3 unspecified atom stereocenters. The lowest BCUT2D eigenvalue weighted by Gasteiger charge is -2.29. The maximum absolute atomic E-state index is 13.1. The van der Waals surface area contributed by atoms with Crippen molar-refractivity contribution in [2.24, 2.45) is 5.92 Å². The van der Waals surface area contributed by atoms with Gasteiger partial charge in [-0.2, -0.15) is 0 Å². The number of ether oxygens (including phenoxy) is 2. The average Bonchev–Trinajstić information content (AvgIpc) is 3.04. The van der Waals surface area contributed by atoms with Crippen molar-refractivity contribution in [3.63, 3.8) is 0 Å². The van der Waals surface area contributed by atoms with E-state index in [0.717, 1.165) is 30.2 Å². The van der Waals surface area contributed by atoms with Gasteiger partial charge in [-0.3, -0.25) is 9.59 Å². The summed E-state index contributed by atoms with van der Waals surface area (Å²) < 4.78 is 10.8. The van der Waals surface area contributed by atoms with Gasteiger partial charge in [0.15, 0.2) is 12.5 Å². The summed E-state index contributed by atoms with van der Waals surface area (Å²) >= 11 is 3.42. The molecular formula is C19H26BrNO4. The topological polar surface area (TPSA) is 55.8 Å². The van der Waals surface area contributed by atoms with Gasteiger partial charge in [-0.15, -0.1) is 0 Å². The molecule has 3 atom stereocenters. The SMILES string of the molecule is COCC(CCCCBr)C(=O)N1C(Cc2ccccc2)COC1C=O. The lowest BCUT2D eigenvalue weighted by atomic mass is 9.99. The van der Waals surface area contributed by atoms with Crippen LogP contribution in [0.3, 0.4) is 0 Å². The van der Waals surface area contributed by atoms with E-state index in [4.69, 9.17) is 9.47 Å². The van der Waals surface area contributed by atoms with Crippen molar-refractivity contribution >= 4 is 28.1 Å². The molecule has 1 aromatic carbocycles. The van der Waals surface area contributed by atoms with Crippen LogP contribution in [0.5, 0.6) is 0 Å². The molecule has 0 N–H and O–H groups in total. The van der Waals surface area contributed by atoms with Crippen LogP contribution in [0, 0.1) is 5.92 Å². The quantitative estimate of drug-likeness (QED) is 0.337. The van der Waals surface area contributed by atoms with Crippen molar-refractivity contribution in [3.05, 3.63) is 35.9 Å². The first-order valence-electron chi connectivity index (χ1n) is 8.69. The molecule has 1 aliphatic rings. The Balaban J connectivity index is 2.10. The van der Waals surface area contributed by atoms with Crippen LogP contribution >= 0.6 is 15.9 Å². The van der Waals surface area contributed by atoms with Crippen LogP contribution in [0.15, 0.2) is 30.3 Å². The summed E-state index contributed by atoms with van der Waals surface area (Å²) in [6.07, 6.45) is 3.29. The number of carbonyl (C=O) groups is 2. The van der Waals surface area contributed by atoms with E-state index in [1.807, 2.05) is 30.3 Å². The van der Waals surface area contributed by atoms with Gasteiger partial charge in [0.05, 0.1) is 25.2 Å². The smallest absolute Gasteiger partial charge is 0.230 e. The summed E-state index contributed by atoms with van der Waals surface area (Å²) in [6.45, 7) is 0.742. The average molecular weight is 412 g/mol. The van der Waals surface area contributed by atoms with E-state index in [-0.39, 0.29) is 17.9 Å². The molecule has 25 heavy (non-hydrogen) atoms. The zero-order valence-corrected chi connectivity index (χ0v) is 16.2. The lowest BCUT2D eigenvalue weighted by Crippen LogP contribution is -2.47. The minimum atomic E-state index is -0.795. The van der Waals surface area contributed by atoms with Gasteiger partial charge < -0.3 is 14.4 Å². The van der Waals surface area contributed by atoms with Crippen molar-refractivity contribution in [2.75, 3.05) is 25.7 Å². The molecule has 0 radical (unpaired) electrons. The second-order valence-electron chi connectivity index (χ2n) is 6.29. The fraction of sp³-hybridized carbons (Fsp3) is 0.579. The summed E-state index contributed by atoms with van der Waals surface area (Å²) in [7, 11) is 1.60. The molecule has 0 bridgehead atoms. The van der Waals surface area contributed by atoms with Gasteiger partial charge >= 0.3 is 0 Å². The summed E-state index contributed by atoms with van der Waals surface area (Å²) in [5.74, 6) is -0.293. The second kappa shape index (κ2) is 10.7. The number of carbonyl (C=O) groups excluding carboxylic acids is 2. The molecule has 6 heteroatoms. The molecule has 138 valence electrons. The third kappa shape index (κ3) is 5.62. The molecule has 1 fully saturated rings. The second-order valence-corrected chi connectivity index (χ2v) is 7.08. The minimum Gasteiger partial charge on any atom is -0.384 e. The van der Waals surface area contributed by atoms with E-state index in [0.29, 0.717) is 25.9 Å². The fourth-order valence-electron chi connectivity index (χ4n) is 3.21. The van der Waals surface area contributed by atoms with Crippen molar-refractivity contribution in [1.82, 2.24) is 4.90 Å². The Morgan fingerprint density at radius 2 is 2.16 bits per heavy atom. The van der Waals surface area contributed by atoms with E-state index in [2.05, 4.69) is 15.9 Å². The van der Waals surface area contributed by atoms with Gasteiger partial charge in [0, 0.05) is 12.4 Å². The molecule has 2 rings (SSSR count). The van der Waals surface area contributed by atoms with Crippen molar-refractivity contribution in [2.45, 2.75) is 38.0 Å². The molecule has 0 aromatic heterocycles. The van der Waals surface area contributed by atoms with E-state index >= 15 is 0 Å². The first-order chi connectivity index (χ1) is 12.2. The lowest BCUT2D eigenvalue weighted by molar-refractivity contribution is -0.147. The number of hydrogen-bond donors (Lipinski definition) is 0. The number of benzene rings is 1. The highest BCUT2D eigenvalue weighted by Gasteiger charge is 2.40. The minimum absolute atomic E-state index is 0.0491. The maximum atomic E-state index is 13.1. The van der Waals surface area contributed by atoms with Crippen molar-refractivity contribution in [1.29, 1.82) is 0 Å². The number of halogens is 1. The Kier molecular flexibility index (Phi) is 8.58. The number of rotatable bonds is 10. The number of methoxy groups -OCH3 is 1. The molecule has 5 nitrogen and oxygen atoms in total. The Hall–Kier alpha value is -1.24. The van der Waals surface area contributed by atoms with Crippen LogP contribution in [-0.4, -0.2) is 55.0 Å². The monoisotopic (exact) mass is 411 g/mol. The van der Waals surface area contributed by atoms with Crippen LogP contribution in [0.25, 0.3) is 0 Å². The molecule has 1 aromatic rings. The van der Waals surface area contributed by atoms with Crippen LogP contribution in [0.2, 0.25) is 0 Å². The zero-order chi connectivity index (χ0) is 18.1. The third-order valence-corrected chi connectivity index (χ3v) is 5.03. The fourth-order valence-corrected chi connectivity index (χ4v) is 3.60. The Morgan fingerprint density at radius 1 is 1.40 bits per heavy atom. The molecule has 1 amide bonds. The highest BCUT2D eigenvalue weighted by Crippen LogP contribution is 2.24. The first-order valence-corrected chi connectivity index (χ1v) is 9.81. The molecule has 0 saturated carbocycles. The maximum Gasteiger partial charge on any atom is 0.230 e. The largest absolute Gasteiger partial charge is 0.384 e. The van der Waals surface area contributed by atoms with Gasteiger partial charge in [-0.05, 0) is 24.8 Å². The highest BCUT2D eigenvalue weighted by molar-refractivity contribution is 9.09. The van der Waals surface area contributed by atoms with Crippen molar-refractivity contribution in [3.8, 4) is 0 Å². The normalized spacial score (nSPS) is 21.3. The van der Waals surface area contributed by atoms with Crippen LogP contribution in [0.1, 0.15) is 24.8 Å². The predicted octanol–water partition coefficient (Wildman–Crippen LogP) is 2.81. The number of amides is 1. The first kappa shape index (κ1) is 20.1. The Morgan fingerprint density at radius 3 is 2.80 bits per heavy atom. The number of nitrogens with zero attached hydrogens (tertiary/aromatic N) is 1. The van der Waals surface area contributed by atoms with Gasteiger partial charge in [0.1, 0.15) is 0 Å². The molecule has 0 aliphatic carbocycles. The molecule has 1 heterocycles. The van der Waals surface area contributed by atoms with E-state index in [9.17, 15) is 9.59 Å². The van der Waals surface area contributed by atoms with Crippen LogP contribution in [-0.2, 0) is 25.5 Å². The number of aldehydes is 1. The number of unbranched alkanes of at least 4 members (excludes halogenated alkanes) is 1. The zero-order valence-electron chi connectivity index (χ0n) is 14.6. The van der Waals surface area contributed by atoms with Crippen LogP contribution in [0.4, 0.5) is 0 Å². The summed E-state index contributed by atoms with van der Waals surface area (Å²) in [4.78, 5) is 26.1. The summed E-state index contributed by atoms with van der Waals surface area (Å²) in [5.41, 5.74) is 1.13. The number of hydrogen-bond acceptors (Lipinski definition) is 4.